The molecule has 0 amide bonds. The Bertz CT molecular complexity index is 799. The van der Waals surface area contributed by atoms with Crippen LogP contribution >= 0.6 is 0 Å². The zero-order valence-corrected chi connectivity index (χ0v) is 19.1. The molecular formula is C23H36N8O. The van der Waals surface area contributed by atoms with Crippen LogP contribution in [0, 0.1) is 0 Å². The van der Waals surface area contributed by atoms with Crippen molar-refractivity contribution in [1.82, 2.24) is 30.4 Å². The largest absolute Gasteiger partial charge is 0.468 e. The lowest BCUT2D eigenvalue weighted by Crippen LogP contribution is -2.49. The molecule has 2 aliphatic rings. The van der Waals surface area contributed by atoms with Crippen LogP contribution in [0.1, 0.15) is 31.6 Å². The Morgan fingerprint density at radius 3 is 2.53 bits per heavy atom. The molecule has 0 aliphatic carbocycles. The number of piperazine rings is 1. The van der Waals surface area contributed by atoms with E-state index in [9.17, 15) is 0 Å². The van der Waals surface area contributed by atoms with Crippen molar-refractivity contribution in [2.24, 2.45) is 4.99 Å². The minimum atomic E-state index is 0.205. The fourth-order valence-corrected chi connectivity index (χ4v) is 4.40. The first-order chi connectivity index (χ1) is 15.8. The van der Waals surface area contributed by atoms with Gasteiger partial charge in [-0.15, -0.1) is 0 Å². The first-order valence-electron chi connectivity index (χ1n) is 11.9. The molecule has 9 nitrogen and oxygen atoms in total. The van der Waals surface area contributed by atoms with E-state index in [-0.39, 0.29) is 6.04 Å². The molecule has 1 unspecified atom stereocenters. The molecule has 2 aliphatic heterocycles. The molecule has 0 radical (unpaired) electrons. The molecular weight excluding hydrogens is 404 g/mol. The number of hydrogen-bond acceptors (Lipinski definition) is 7. The number of rotatable bonds is 9. The molecule has 0 spiro atoms. The molecule has 2 aromatic rings. The average molecular weight is 441 g/mol. The summed E-state index contributed by atoms with van der Waals surface area (Å²) in [4.78, 5) is 20.8. The second-order valence-electron chi connectivity index (χ2n) is 8.30. The van der Waals surface area contributed by atoms with Crippen LogP contribution in [0.25, 0.3) is 0 Å². The summed E-state index contributed by atoms with van der Waals surface area (Å²) in [5, 5.41) is 6.90. The van der Waals surface area contributed by atoms with Gasteiger partial charge in [-0.25, -0.2) is 9.97 Å². The molecule has 4 heterocycles. The predicted molar refractivity (Wildman–Crippen MR) is 127 cm³/mol. The molecule has 174 valence electrons. The Balaban J connectivity index is 1.25. The number of likely N-dealkylation sites (tertiary alicyclic amines) is 1. The Hall–Kier alpha value is -2.65. The lowest BCUT2D eigenvalue weighted by Gasteiger charge is -2.34. The van der Waals surface area contributed by atoms with Gasteiger partial charge >= 0.3 is 0 Å². The van der Waals surface area contributed by atoms with E-state index >= 15 is 0 Å². The number of anilines is 1. The number of nitrogens with zero attached hydrogens (tertiary/aromatic N) is 6. The van der Waals surface area contributed by atoms with Gasteiger partial charge in [0.2, 0.25) is 5.95 Å². The third-order valence-electron chi connectivity index (χ3n) is 6.15. The van der Waals surface area contributed by atoms with Gasteiger partial charge in [-0.3, -0.25) is 14.8 Å². The SMILES string of the molecule is CCNC(=NCC(c1ccco1)N1CCCC1)NCCN1CCN(c2ncccn2)CC1. The summed E-state index contributed by atoms with van der Waals surface area (Å²) in [7, 11) is 0. The molecule has 0 saturated carbocycles. The van der Waals surface area contributed by atoms with Crippen LogP contribution in [0.15, 0.2) is 46.3 Å². The Morgan fingerprint density at radius 1 is 1.06 bits per heavy atom. The summed E-state index contributed by atoms with van der Waals surface area (Å²) >= 11 is 0. The van der Waals surface area contributed by atoms with Gasteiger partial charge in [-0.2, -0.15) is 0 Å². The molecule has 0 aromatic carbocycles. The van der Waals surface area contributed by atoms with Crippen molar-refractivity contribution in [1.29, 1.82) is 0 Å². The average Bonchev–Trinajstić information content (AvgIpc) is 3.56. The Morgan fingerprint density at radius 2 is 1.84 bits per heavy atom. The van der Waals surface area contributed by atoms with Gasteiger partial charge in [0.1, 0.15) is 5.76 Å². The highest BCUT2D eigenvalue weighted by Gasteiger charge is 2.25. The number of aliphatic imine (C=N–C) groups is 1. The molecule has 2 N–H and O–H groups in total. The number of furan rings is 1. The fourth-order valence-electron chi connectivity index (χ4n) is 4.40. The standard InChI is InChI=1S/C23H36N8O/c1-2-24-22(28-19-20(21-7-5-18-32-21)30-11-3-4-12-30)25-10-13-29-14-16-31(17-15-29)23-26-8-6-9-27-23/h5-9,18,20H,2-4,10-17,19H2,1H3,(H2,24,25,28). The van der Waals surface area contributed by atoms with Crippen molar-refractivity contribution in [2.45, 2.75) is 25.8 Å². The van der Waals surface area contributed by atoms with Gasteiger partial charge in [0.15, 0.2) is 5.96 Å². The molecule has 4 rings (SSSR count). The van der Waals surface area contributed by atoms with Crippen molar-refractivity contribution >= 4 is 11.9 Å². The number of aromatic nitrogens is 2. The quantitative estimate of drug-likeness (QED) is 0.449. The zero-order valence-electron chi connectivity index (χ0n) is 19.1. The van der Waals surface area contributed by atoms with E-state index in [2.05, 4.69) is 48.3 Å². The highest BCUT2D eigenvalue weighted by atomic mass is 16.3. The third kappa shape index (κ3) is 6.20. The van der Waals surface area contributed by atoms with Crippen LogP contribution in [0.2, 0.25) is 0 Å². The van der Waals surface area contributed by atoms with E-state index in [1.165, 1.54) is 12.8 Å². The Kier molecular flexibility index (Phi) is 8.33. The molecule has 2 aromatic heterocycles. The van der Waals surface area contributed by atoms with Crippen LogP contribution in [0.5, 0.6) is 0 Å². The highest BCUT2D eigenvalue weighted by molar-refractivity contribution is 5.79. The van der Waals surface area contributed by atoms with Crippen LogP contribution in [0.4, 0.5) is 5.95 Å². The fraction of sp³-hybridized carbons (Fsp3) is 0.609. The summed E-state index contributed by atoms with van der Waals surface area (Å²) in [6.45, 7) is 11.7. The van der Waals surface area contributed by atoms with E-state index in [1.807, 2.05) is 12.1 Å². The molecule has 0 bridgehead atoms. The Labute approximate surface area is 190 Å². The maximum absolute atomic E-state index is 5.73. The predicted octanol–water partition coefficient (Wildman–Crippen LogP) is 1.58. The zero-order chi connectivity index (χ0) is 22.0. The third-order valence-corrected chi connectivity index (χ3v) is 6.15. The smallest absolute Gasteiger partial charge is 0.225 e. The molecule has 1 atom stereocenters. The van der Waals surface area contributed by atoms with E-state index < -0.39 is 0 Å². The van der Waals surface area contributed by atoms with Gasteiger partial charge in [-0.1, -0.05) is 0 Å². The van der Waals surface area contributed by atoms with Crippen LogP contribution in [0.3, 0.4) is 0 Å². The van der Waals surface area contributed by atoms with Crippen molar-refractivity contribution in [3.05, 3.63) is 42.6 Å². The van der Waals surface area contributed by atoms with Crippen LogP contribution in [-0.2, 0) is 0 Å². The second kappa shape index (κ2) is 11.8. The number of nitrogens with one attached hydrogen (secondary N) is 2. The second-order valence-corrected chi connectivity index (χ2v) is 8.30. The minimum Gasteiger partial charge on any atom is -0.468 e. The normalized spacial score (nSPS) is 19.3. The van der Waals surface area contributed by atoms with E-state index in [0.29, 0.717) is 6.54 Å². The number of hydrogen-bond donors (Lipinski definition) is 2. The van der Waals surface area contributed by atoms with Crippen molar-refractivity contribution in [2.75, 3.05) is 70.3 Å². The monoisotopic (exact) mass is 440 g/mol. The summed E-state index contributed by atoms with van der Waals surface area (Å²) in [5.41, 5.74) is 0. The summed E-state index contributed by atoms with van der Waals surface area (Å²) in [6.07, 6.45) is 7.88. The van der Waals surface area contributed by atoms with Crippen molar-refractivity contribution < 1.29 is 4.42 Å². The molecule has 2 fully saturated rings. The first-order valence-corrected chi connectivity index (χ1v) is 11.9. The van der Waals surface area contributed by atoms with E-state index in [4.69, 9.17) is 9.41 Å². The van der Waals surface area contributed by atoms with E-state index in [0.717, 1.165) is 76.6 Å². The lowest BCUT2D eigenvalue weighted by atomic mass is 10.2. The first kappa shape index (κ1) is 22.5. The van der Waals surface area contributed by atoms with Gasteiger partial charge in [0.25, 0.3) is 0 Å². The number of guanidine groups is 1. The van der Waals surface area contributed by atoms with Gasteiger partial charge in [-0.05, 0) is 51.1 Å². The molecule has 2 saturated heterocycles. The van der Waals surface area contributed by atoms with Crippen LogP contribution in [-0.4, -0.2) is 91.2 Å². The molecule has 9 heteroatoms. The topological polar surface area (TPSA) is 85.1 Å². The maximum Gasteiger partial charge on any atom is 0.225 e. The summed E-state index contributed by atoms with van der Waals surface area (Å²) in [5.74, 6) is 2.71. The van der Waals surface area contributed by atoms with E-state index in [1.54, 1.807) is 18.7 Å². The van der Waals surface area contributed by atoms with Crippen LogP contribution < -0.4 is 15.5 Å². The summed E-state index contributed by atoms with van der Waals surface area (Å²) < 4.78 is 5.73. The van der Waals surface area contributed by atoms with Gasteiger partial charge in [0.05, 0.1) is 18.8 Å². The van der Waals surface area contributed by atoms with Gasteiger partial charge in [0, 0.05) is 58.2 Å². The van der Waals surface area contributed by atoms with Gasteiger partial charge < -0.3 is 20.0 Å². The lowest BCUT2D eigenvalue weighted by molar-refractivity contribution is 0.221. The van der Waals surface area contributed by atoms with Crippen molar-refractivity contribution in [3.8, 4) is 0 Å². The maximum atomic E-state index is 5.73. The molecule has 32 heavy (non-hydrogen) atoms. The van der Waals surface area contributed by atoms with Crippen molar-refractivity contribution in [3.63, 3.8) is 0 Å². The highest BCUT2D eigenvalue weighted by Crippen LogP contribution is 2.25. The summed E-state index contributed by atoms with van der Waals surface area (Å²) in [6, 6.07) is 6.10. The minimum absolute atomic E-state index is 0.205.